The Hall–Kier alpha value is -0.540. The van der Waals surface area contributed by atoms with Gasteiger partial charge in [0.25, 0.3) is 0 Å². The fourth-order valence-corrected chi connectivity index (χ4v) is 2.47. The van der Waals surface area contributed by atoms with Gasteiger partial charge in [0.1, 0.15) is 5.88 Å². The lowest BCUT2D eigenvalue weighted by molar-refractivity contribution is -0.120. The van der Waals surface area contributed by atoms with Crippen molar-refractivity contribution >= 4 is 28.8 Å². The minimum Gasteiger partial charge on any atom is -0.347 e. The lowest BCUT2D eigenvalue weighted by Crippen LogP contribution is -2.36. The van der Waals surface area contributed by atoms with E-state index in [1.54, 1.807) is 11.3 Å². The molecule has 1 unspecified atom stereocenters. The van der Waals surface area contributed by atoms with Crippen LogP contribution < -0.4 is 5.32 Å². The summed E-state index contributed by atoms with van der Waals surface area (Å²) in [6.07, 6.45) is 0. The third-order valence-corrected chi connectivity index (χ3v) is 3.30. The molecule has 1 amide bonds. The number of hydrogen-bond donors (Lipinski definition) is 1. The van der Waals surface area contributed by atoms with E-state index in [2.05, 4.69) is 26.1 Å². The molecule has 1 atom stereocenters. The molecular weight excluding hydrogens is 230 g/mol. The third-order valence-electron chi connectivity index (χ3n) is 2.12. The normalized spacial score (nSPS) is 13.6. The first-order chi connectivity index (χ1) is 6.95. The fourth-order valence-electron chi connectivity index (χ4n) is 1.37. The Labute approximate surface area is 99.6 Å². The van der Waals surface area contributed by atoms with Crippen LogP contribution in [0.2, 0.25) is 0 Å². The molecule has 0 aromatic carbocycles. The number of rotatable bonds is 3. The molecule has 0 aliphatic carbocycles. The number of hydrogen-bond acceptors (Lipinski definition) is 2. The lowest BCUT2D eigenvalue weighted by Gasteiger charge is -2.30. The molecule has 1 rings (SSSR count). The van der Waals surface area contributed by atoms with E-state index in [9.17, 15) is 4.79 Å². The van der Waals surface area contributed by atoms with Crippen molar-refractivity contribution in [3.8, 4) is 0 Å². The monoisotopic (exact) mass is 245 g/mol. The van der Waals surface area contributed by atoms with Crippen LogP contribution in [0.1, 0.15) is 31.7 Å². The number of nitrogens with one attached hydrogen (secondary N) is 1. The Kier molecular flexibility index (Phi) is 4.17. The van der Waals surface area contributed by atoms with E-state index in [1.165, 1.54) is 4.88 Å². The fraction of sp³-hybridized carbons (Fsp3) is 0.545. The van der Waals surface area contributed by atoms with Crippen LogP contribution in [0.3, 0.4) is 0 Å². The quantitative estimate of drug-likeness (QED) is 0.815. The molecule has 0 bridgehead atoms. The Balaban J connectivity index is 2.85. The molecule has 0 saturated heterocycles. The first-order valence-corrected chi connectivity index (χ1v) is 6.25. The van der Waals surface area contributed by atoms with E-state index in [0.29, 0.717) is 0 Å². The van der Waals surface area contributed by atoms with Crippen LogP contribution >= 0.6 is 22.9 Å². The molecular formula is C11H16ClNOS. The molecule has 1 aromatic heterocycles. The molecule has 1 aromatic rings. The summed E-state index contributed by atoms with van der Waals surface area (Å²) in [7, 11) is 0. The third kappa shape index (κ3) is 3.50. The molecule has 4 heteroatoms. The zero-order valence-electron chi connectivity index (χ0n) is 9.21. The summed E-state index contributed by atoms with van der Waals surface area (Å²) in [5.41, 5.74) is -0.00737. The maximum Gasteiger partial charge on any atom is 0.235 e. The van der Waals surface area contributed by atoms with Crippen LogP contribution in [0.4, 0.5) is 0 Å². The highest BCUT2D eigenvalue weighted by molar-refractivity contribution is 7.10. The van der Waals surface area contributed by atoms with E-state index >= 15 is 0 Å². The lowest BCUT2D eigenvalue weighted by atomic mass is 9.86. The van der Waals surface area contributed by atoms with Gasteiger partial charge < -0.3 is 5.32 Å². The average Bonchev–Trinajstić information content (AvgIpc) is 2.64. The van der Waals surface area contributed by atoms with Crippen LogP contribution in [0.5, 0.6) is 0 Å². The standard InChI is InChI=1S/C11H16ClNOS/c1-11(2,3)10(13-9(14)7-12)8-5-4-6-15-8/h4-6,10H,7H2,1-3H3,(H,13,14). The molecule has 2 nitrogen and oxygen atoms in total. The zero-order chi connectivity index (χ0) is 11.5. The van der Waals surface area contributed by atoms with Gasteiger partial charge in [-0.05, 0) is 16.9 Å². The van der Waals surface area contributed by atoms with Gasteiger partial charge in [-0.25, -0.2) is 0 Å². The second-order valence-corrected chi connectivity index (χ2v) is 5.76. The SMILES string of the molecule is CC(C)(C)C(NC(=O)CCl)c1cccs1. The topological polar surface area (TPSA) is 29.1 Å². The largest absolute Gasteiger partial charge is 0.347 e. The zero-order valence-corrected chi connectivity index (χ0v) is 10.8. The maximum atomic E-state index is 11.3. The van der Waals surface area contributed by atoms with Crippen molar-refractivity contribution < 1.29 is 4.79 Å². The van der Waals surface area contributed by atoms with Crippen molar-refractivity contribution in [3.63, 3.8) is 0 Å². The van der Waals surface area contributed by atoms with Crippen molar-refractivity contribution in [2.45, 2.75) is 26.8 Å². The molecule has 15 heavy (non-hydrogen) atoms. The highest BCUT2D eigenvalue weighted by Crippen LogP contribution is 2.34. The number of halogens is 1. The summed E-state index contributed by atoms with van der Waals surface area (Å²) >= 11 is 7.15. The molecule has 0 aliphatic heterocycles. The van der Waals surface area contributed by atoms with Crippen molar-refractivity contribution in [2.24, 2.45) is 5.41 Å². The summed E-state index contributed by atoms with van der Waals surface area (Å²) in [6.45, 7) is 6.31. The van der Waals surface area contributed by atoms with Crippen LogP contribution in [-0.4, -0.2) is 11.8 Å². The van der Waals surface area contributed by atoms with Crippen LogP contribution in [0.25, 0.3) is 0 Å². The van der Waals surface area contributed by atoms with E-state index in [4.69, 9.17) is 11.6 Å². The number of thiophene rings is 1. The number of amides is 1. The van der Waals surface area contributed by atoms with Gasteiger partial charge in [-0.1, -0.05) is 26.8 Å². The Morgan fingerprint density at radius 1 is 1.60 bits per heavy atom. The number of carbonyl (C=O) groups is 1. The number of carbonyl (C=O) groups excluding carboxylic acids is 1. The molecule has 0 fully saturated rings. The van der Waals surface area contributed by atoms with Gasteiger partial charge >= 0.3 is 0 Å². The van der Waals surface area contributed by atoms with Crippen molar-refractivity contribution in [2.75, 3.05) is 5.88 Å². The maximum absolute atomic E-state index is 11.3. The summed E-state index contributed by atoms with van der Waals surface area (Å²) in [4.78, 5) is 12.5. The van der Waals surface area contributed by atoms with Crippen molar-refractivity contribution in [1.29, 1.82) is 0 Å². The van der Waals surface area contributed by atoms with Crippen LogP contribution in [0.15, 0.2) is 17.5 Å². The highest BCUT2D eigenvalue weighted by atomic mass is 35.5. The van der Waals surface area contributed by atoms with Gasteiger partial charge in [0.05, 0.1) is 6.04 Å². The van der Waals surface area contributed by atoms with E-state index < -0.39 is 0 Å². The molecule has 1 N–H and O–H groups in total. The Morgan fingerprint density at radius 2 is 2.27 bits per heavy atom. The summed E-state index contributed by atoms with van der Waals surface area (Å²) in [5, 5.41) is 4.96. The summed E-state index contributed by atoms with van der Waals surface area (Å²) in [5.74, 6) is -0.109. The van der Waals surface area contributed by atoms with E-state index in [-0.39, 0.29) is 23.2 Å². The molecule has 0 radical (unpaired) electrons. The van der Waals surface area contributed by atoms with Crippen molar-refractivity contribution in [1.82, 2.24) is 5.32 Å². The van der Waals surface area contributed by atoms with E-state index in [0.717, 1.165) is 0 Å². The number of alkyl halides is 1. The first kappa shape index (κ1) is 12.5. The first-order valence-electron chi connectivity index (χ1n) is 4.84. The Morgan fingerprint density at radius 3 is 2.67 bits per heavy atom. The summed E-state index contributed by atoms with van der Waals surface area (Å²) in [6, 6.07) is 4.06. The predicted molar refractivity (Wildman–Crippen MR) is 65.4 cm³/mol. The minimum atomic E-state index is -0.120. The molecule has 0 saturated carbocycles. The Bertz CT molecular complexity index is 316. The van der Waals surface area contributed by atoms with Gasteiger partial charge in [-0.15, -0.1) is 22.9 Å². The predicted octanol–water partition coefficient (Wildman–Crippen LogP) is 3.19. The van der Waals surface area contributed by atoms with Crippen LogP contribution in [0, 0.1) is 5.41 Å². The van der Waals surface area contributed by atoms with Gasteiger partial charge in [0.15, 0.2) is 0 Å². The van der Waals surface area contributed by atoms with Crippen LogP contribution in [-0.2, 0) is 4.79 Å². The van der Waals surface area contributed by atoms with E-state index in [1.807, 2.05) is 17.5 Å². The second kappa shape index (κ2) is 4.99. The molecule has 0 spiro atoms. The summed E-state index contributed by atoms with van der Waals surface area (Å²) < 4.78 is 0. The average molecular weight is 246 g/mol. The minimum absolute atomic E-state index is 0.00737. The van der Waals surface area contributed by atoms with Gasteiger partial charge in [-0.3, -0.25) is 4.79 Å². The molecule has 1 heterocycles. The van der Waals surface area contributed by atoms with Gasteiger partial charge in [-0.2, -0.15) is 0 Å². The molecule has 0 aliphatic rings. The molecule has 84 valence electrons. The van der Waals surface area contributed by atoms with Gasteiger partial charge in [0, 0.05) is 4.88 Å². The smallest absolute Gasteiger partial charge is 0.235 e. The highest BCUT2D eigenvalue weighted by Gasteiger charge is 2.28. The van der Waals surface area contributed by atoms with Crippen molar-refractivity contribution in [3.05, 3.63) is 22.4 Å². The van der Waals surface area contributed by atoms with Gasteiger partial charge in [0.2, 0.25) is 5.91 Å². The second-order valence-electron chi connectivity index (χ2n) is 4.52.